The smallest absolute Gasteiger partial charge is 0.408 e. The third kappa shape index (κ3) is 4.97. The summed E-state index contributed by atoms with van der Waals surface area (Å²) >= 11 is 0. The van der Waals surface area contributed by atoms with Crippen LogP contribution in [-0.2, 0) is 11.2 Å². The first-order valence-corrected chi connectivity index (χ1v) is 9.39. The summed E-state index contributed by atoms with van der Waals surface area (Å²) < 4.78 is 5.38. The number of carbonyl (C=O) groups excluding carboxylic acids is 2. The molecule has 0 bridgehead atoms. The summed E-state index contributed by atoms with van der Waals surface area (Å²) in [5, 5.41) is 4.64. The number of amides is 1. The molecule has 3 rings (SSSR count). The van der Waals surface area contributed by atoms with Crippen LogP contribution in [0, 0.1) is 0 Å². The summed E-state index contributed by atoms with van der Waals surface area (Å²) in [6.07, 6.45) is -0.204. The summed E-state index contributed by atoms with van der Waals surface area (Å²) in [4.78, 5) is 25.8. The van der Waals surface area contributed by atoms with Gasteiger partial charge in [-0.1, -0.05) is 72.8 Å². The highest BCUT2D eigenvalue weighted by molar-refractivity contribution is 6.11. The quantitative estimate of drug-likeness (QED) is 0.627. The van der Waals surface area contributed by atoms with Crippen molar-refractivity contribution in [3.8, 4) is 0 Å². The molecule has 0 unspecified atom stereocenters. The van der Waals surface area contributed by atoms with Gasteiger partial charge in [-0.05, 0) is 37.1 Å². The number of ketones is 1. The summed E-state index contributed by atoms with van der Waals surface area (Å²) in [5.74, 6) is -0.133. The highest BCUT2D eigenvalue weighted by Crippen LogP contribution is 2.21. The number of benzene rings is 3. The molecule has 1 atom stereocenters. The molecule has 28 heavy (non-hydrogen) atoms. The highest BCUT2D eigenvalue weighted by Gasteiger charge is 2.26. The van der Waals surface area contributed by atoms with E-state index < -0.39 is 17.7 Å². The number of hydrogen-bond acceptors (Lipinski definition) is 3. The molecule has 0 aliphatic rings. The molecule has 4 heteroatoms. The van der Waals surface area contributed by atoms with Crippen molar-refractivity contribution in [2.24, 2.45) is 0 Å². The first-order valence-electron chi connectivity index (χ1n) is 9.39. The molecule has 0 saturated carbocycles. The maximum atomic E-state index is 13.4. The van der Waals surface area contributed by atoms with Crippen molar-refractivity contribution < 1.29 is 14.3 Å². The van der Waals surface area contributed by atoms with Crippen LogP contribution in [0.25, 0.3) is 10.8 Å². The van der Waals surface area contributed by atoms with Crippen LogP contribution in [0.3, 0.4) is 0 Å². The fourth-order valence-electron chi connectivity index (χ4n) is 3.14. The van der Waals surface area contributed by atoms with Crippen molar-refractivity contribution in [1.82, 2.24) is 5.32 Å². The monoisotopic (exact) mass is 375 g/mol. The van der Waals surface area contributed by atoms with Gasteiger partial charge in [-0.25, -0.2) is 4.79 Å². The number of carbonyl (C=O) groups is 2. The number of ether oxygens (including phenoxy) is 1. The first-order chi connectivity index (χ1) is 13.3. The van der Waals surface area contributed by atoms with Gasteiger partial charge < -0.3 is 10.1 Å². The second-order valence-electron chi connectivity index (χ2n) is 7.78. The Bertz CT molecular complexity index is 969. The fraction of sp³-hybridized carbons (Fsp3) is 0.250. The predicted octanol–water partition coefficient (Wildman–Crippen LogP) is 5.16. The molecule has 0 aromatic heterocycles. The Morgan fingerprint density at radius 3 is 2.25 bits per heavy atom. The molecule has 0 radical (unpaired) electrons. The molecule has 0 saturated heterocycles. The normalized spacial score (nSPS) is 12.4. The maximum Gasteiger partial charge on any atom is 0.408 e. The summed E-state index contributed by atoms with van der Waals surface area (Å²) in [5.41, 5.74) is 0.927. The molecule has 0 spiro atoms. The molecule has 3 aromatic rings. The molecule has 0 aliphatic heterocycles. The molecular weight excluding hydrogens is 350 g/mol. The minimum atomic E-state index is -0.719. The van der Waals surface area contributed by atoms with E-state index in [0.717, 1.165) is 16.3 Å². The molecule has 0 fully saturated rings. The summed E-state index contributed by atoms with van der Waals surface area (Å²) in [6.45, 7) is 5.39. The van der Waals surface area contributed by atoms with Gasteiger partial charge >= 0.3 is 6.09 Å². The molecule has 0 heterocycles. The van der Waals surface area contributed by atoms with Crippen molar-refractivity contribution in [1.29, 1.82) is 0 Å². The molecule has 3 aromatic carbocycles. The number of nitrogens with one attached hydrogen (secondary N) is 1. The second-order valence-corrected chi connectivity index (χ2v) is 7.78. The molecular formula is C24H25NO3. The molecule has 144 valence electrons. The third-order valence-electron chi connectivity index (χ3n) is 4.35. The van der Waals surface area contributed by atoms with Crippen LogP contribution in [0.5, 0.6) is 0 Å². The number of fused-ring (bicyclic) bond motifs is 1. The fourth-order valence-corrected chi connectivity index (χ4v) is 3.14. The lowest BCUT2D eigenvalue weighted by atomic mass is 9.94. The van der Waals surface area contributed by atoms with Gasteiger partial charge in [0.1, 0.15) is 5.60 Å². The largest absolute Gasteiger partial charge is 0.444 e. The SMILES string of the molecule is CC(C)(C)OC(=O)N[C@@H](Cc1ccccc1)C(=O)c1cccc2ccccc12. The van der Waals surface area contributed by atoms with Crippen LogP contribution >= 0.6 is 0 Å². The van der Waals surface area contributed by atoms with Crippen LogP contribution in [0.15, 0.2) is 72.8 Å². The second kappa shape index (κ2) is 8.26. The van der Waals surface area contributed by atoms with E-state index in [1.54, 1.807) is 26.8 Å². The molecule has 1 N–H and O–H groups in total. The number of rotatable bonds is 5. The van der Waals surface area contributed by atoms with E-state index in [0.29, 0.717) is 12.0 Å². The Kier molecular flexibility index (Phi) is 5.78. The van der Waals surface area contributed by atoms with Gasteiger partial charge in [0.05, 0.1) is 6.04 Å². The van der Waals surface area contributed by atoms with Gasteiger partial charge in [0, 0.05) is 12.0 Å². The Hall–Kier alpha value is -3.14. The minimum Gasteiger partial charge on any atom is -0.444 e. The van der Waals surface area contributed by atoms with E-state index in [9.17, 15) is 9.59 Å². The zero-order valence-corrected chi connectivity index (χ0v) is 16.4. The van der Waals surface area contributed by atoms with E-state index in [1.807, 2.05) is 66.7 Å². The van der Waals surface area contributed by atoms with E-state index in [4.69, 9.17) is 4.74 Å². The lowest BCUT2D eigenvalue weighted by molar-refractivity contribution is 0.0491. The highest BCUT2D eigenvalue weighted by atomic mass is 16.6. The van der Waals surface area contributed by atoms with Crippen molar-refractivity contribution in [3.05, 3.63) is 83.9 Å². The van der Waals surface area contributed by atoms with E-state index in [2.05, 4.69) is 5.32 Å². The third-order valence-corrected chi connectivity index (χ3v) is 4.35. The summed E-state index contributed by atoms with van der Waals surface area (Å²) in [6, 6.07) is 22.3. The number of hydrogen-bond donors (Lipinski definition) is 1. The number of alkyl carbamates (subject to hydrolysis) is 1. The first kappa shape index (κ1) is 19.6. The topological polar surface area (TPSA) is 55.4 Å². The molecule has 0 aliphatic carbocycles. The zero-order chi connectivity index (χ0) is 20.1. The van der Waals surface area contributed by atoms with Crippen LogP contribution in [0.2, 0.25) is 0 Å². The molecule has 1 amide bonds. The average molecular weight is 375 g/mol. The van der Waals surface area contributed by atoms with Gasteiger partial charge in [-0.2, -0.15) is 0 Å². The lowest BCUT2D eigenvalue weighted by Gasteiger charge is -2.23. The van der Waals surface area contributed by atoms with Crippen LogP contribution in [0.4, 0.5) is 4.79 Å². The van der Waals surface area contributed by atoms with Crippen molar-refractivity contribution in [2.45, 2.75) is 38.8 Å². The Balaban J connectivity index is 1.92. The van der Waals surface area contributed by atoms with E-state index in [-0.39, 0.29) is 5.78 Å². The van der Waals surface area contributed by atoms with Crippen molar-refractivity contribution in [2.75, 3.05) is 0 Å². The van der Waals surface area contributed by atoms with Gasteiger partial charge in [-0.15, -0.1) is 0 Å². The Morgan fingerprint density at radius 1 is 0.893 bits per heavy atom. The van der Waals surface area contributed by atoms with Crippen LogP contribution < -0.4 is 5.32 Å². The van der Waals surface area contributed by atoms with Crippen molar-refractivity contribution >= 4 is 22.6 Å². The van der Waals surface area contributed by atoms with Crippen LogP contribution in [-0.4, -0.2) is 23.5 Å². The summed E-state index contributed by atoms with van der Waals surface area (Å²) in [7, 11) is 0. The van der Waals surface area contributed by atoms with Crippen LogP contribution in [0.1, 0.15) is 36.7 Å². The minimum absolute atomic E-state index is 0.133. The predicted molar refractivity (Wildman–Crippen MR) is 112 cm³/mol. The van der Waals surface area contributed by atoms with E-state index >= 15 is 0 Å². The van der Waals surface area contributed by atoms with Gasteiger partial charge in [0.15, 0.2) is 5.78 Å². The Labute approximate surface area is 165 Å². The van der Waals surface area contributed by atoms with Gasteiger partial charge in [-0.3, -0.25) is 4.79 Å². The van der Waals surface area contributed by atoms with E-state index in [1.165, 1.54) is 0 Å². The maximum absolute atomic E-state index is 13.4. The lowest BCUT2D eigenvalue weighted by Crippen LogP contribution is -2.44. The van der Waals surface area contributed by atoms with Gasteiger partial charge in [0.2, 0.25) is 0 Å². The van der Waals surface area contributed by atoms with Crippen molar-refractivity contribution in [3.63, 3.8) is 0 Å². The number of Topliss-reactive ketones (excluding diaryl/α,β-unsaturated/α-hetero) is 1. The molecule has 4 nitrogen and oxygen atoms in total. The average Bonchev–Trinajstić information content (AvgIpc) is 2.66. The Morgan fingerprint density at radius 2 is 1.54 bits per heavy atom. The zero-order valence-electron chi connectivity index (χ0n) is 16.4. The standard InChI is InChI=1S/C24H25NO3/c1-24(2,3)28-23(27)25-21(16-17-10-5-4-6-11-17)22(26)20-15-9-13-18-12-7-8-14-19(18)20/h4-15,21H,16H2,1-3H3,(H,25,27)/t21-/m0/s1. The van der Waals surface area contributed by atoms with Gasteiger partial charge in [0.25, 0.3) is 0 Å².